The molecule has 0 atom stereocenters. The van der Waals surface area contributed by atoms with Gasteiger partial charge in [0.2, 0.25) is 5.91 Å². The minimum Gasteiger partial charge on any atom is -0.493 e. The Kier molecular flexibility index (Phi) is 5.41. The van der Waals surface area contributed by atoms with Gasteiger partial charge in [0.05, 0.1) is 13.4 Å². The number of hydrogen-bond acceptors (Lipinski definition) is 4. The van der Waals surface area contributed by atoms with Crippen LogP contribution in [0, 0.1) is 0 Å². The Labute approximate surface area is 142 Å². The molecule has 24 heavy (non-hydrogen) atoms. The van der Waals surface area contributed by atoms with E-state index < -0.39 is 0 Å². The van der Waals surface area contributed by atoms with E-state index in [4.69, 9.17) is 13.9 Å². The van der Waals surface area contributed by atoms with Gasteiger partial charge in [-0.15, -0.1) is 0 Å². The summed E-state index contributed by atoms with van der Waals surface area (Å²) in [5.74, 6) is 2.55. The molecule has 1 saturated heterocycles. The second-order valence-electron chi connectivity index (χ2n) is 5.93. The van der Waals surface area contributed by atoms with Gasteiger partial charge < -0.3 is 18.8 Å². The van der Waals surface area contributed by atoms with Crippen molar-refractivity contribution in [2.45, 2.75) is 31.8 Å². The number of para-hydroxylation sites is 2. The van der Waals surface area contributed by atoms with E-state index in [1.807, 2.05) is 41.3 Å². The van der Waals surface area contributed by atoms with Gasteiger partial charge in [0.1, 0.15) is 11.9 Å². The molecule has 0 spiro atoms. The van der Waals surface area contributed by atoms with Gasteiger partial charge in [-0.1, -0.05) is 12.1 Å². The maximum atomic E-state index is 12.3. The Hall–Kier alpha value is -2.43. The maximum absolute atomic E-state index is 12.3. The maximum Gasteiger partial charge on any atom is 0.223 e. The van der Waals surface area contributed by atoms with Crippen molar-refractivity contribution in [3.63, 3.8) is 0 Å². The van der Waals surface area contributed by atoms with Crippen molar-refractivity contribution in [2.75, 3.05) is 20.2 Å². The van der Waals surface area contributed by atoms with E-state index in [9.17, 15) is 4.79 Å². The number of likely N-dealkylation sites (tertiary alicyclic amines) is 1. The number of carbonyl (C=O) groups is 1. The Morgan fingerprint density at radius 3 is 2.58 bits per heavy atom. The smallest absolute Gasteiger partial charge is 0.223 e. The number of nitrogens with zero attached hydrogens (tertiary/aromatic N) is 1. The molecule has 2 heterocycles. The number of methoxy groups -OCH3 is 1. The molecule has 1 aromatic heterocycles. The second kappa shape index (κ2) is 7.90. The number of carbonyl (C=O) groups excluding carboxylic acids is 1. The van der Waals surface area contributed by atoms with E-state index in [1.54, 1.807) is 13.4 Å². The summed E-state index contributed by atoms with van der Waals surface area (Å²) in [6.07, 6.45) is 4.58. The van der Waals surface area contributed by atoms with Crippen LogP contribution in [-0.4, -0.2) is 37.1 Å². The van der Waals surface area contributed by atoms with Crippen molar-refractivity contribution in [1.29, 1.82) is 0 Å². The van der Waals surface area contributed by atoms with Crippen LogP contribution < -0.4 is 9.47 Å². The van der Waals surface area contributed by atoms with Crippen molar-refractivity contribution in [2.24, 2.45) is 0 Å². The second-order valence-corrected chi connectivity index (χ2v) is 5.93. The highest BCUT2D eigenvalue weighted by molar-refractivity contribution is 5.76. The summed E-state index contributed by atoms with van der Waals surface area (Å²) >= 11 is 0. The van der Waals surface area contributed by atoms with Gasteiger partial charge >= 0.3 is 0 Å². The molecule has 5 nitrogen and oxygen atoms in total. The van der Waals surface area contributed by atoms with Crippen molar-refractivity contribution in [3.8, 4) is 11.5 Å². The van der Waals surface area contributed by atoms with Crippen molar-refractivity contribution in [3.05, 3.63) is 48.4 Å². The first-order valence-electron chi connectivity index (χ1n) is 8.36. The molecule has 128 valence electrons. The van der Waals surface area contributed by atoms with E-state index in [0.717, 1.165) is 43.2 Å². The first-order chi connectivity index (χ1) is 11.8. The minimum atomic E-state index is 0.121. The number of amides is 1. The van der Waals surface area contributed by atoms with Gasteiger partial charge in [-0.2, -0.15) is 0 Å². The Morgan fingerprint density at radius 1 is 1.17 bits per heavy atom. The fourth-order valence-corrected chi connectivity index (χ4v) is 2.96. The molecule has 0 saturated carbocycles. The Morgan fingerprint density at radius 2 is 1.92 bits per heavy atom. The van der Waals surface area contributed by atoms with Gasteiger partial charge in [0.25, 0.3) is 0 Å². The number of hydrogen-bond donors (Lipinski definition) is 0. The van der Waals surface area contributed by atoms with E-state index >= 15 is 0 Å². The lowest BCUT2D eigenvalue weighted by Crippen LogP contribution is -2.41. The van der Waals surface area contributed by atoms with Gasteiger partial charge in [-0.3, -0.25) is 4.79 Å². The van der Waals surface area contributed by atoms with Gasteiger partial charge in [0, 0.05) is 38.8 Å². The highest BCUT2D eigenvalue weighted by Crippen LogP contribution is 2.29. The standard InChI is InChI=1S/C19H23NO4/c1-22-17-6-2-3-7-18(17)24-16-10-12-20(13-11-16)19(21)9-8-15-5-4-14-23-15/h2-7,14,16H,8-13H2,1H3. The number of aryl methyl sites for hydroxylation is 1. The SMILES string of the molecule is COc1ccccc1OC1CCN(C(=O)CCc2ccco2)CC1. The molecule has 0 aliphatic carbocycles. The number of furan rings is 1. The fraction of sp³-hybridized carbons (Fsp3) is 0.421. The average Bonchev–Trinajstić information content (AvgIpc) is 3.14. The minimum absolute atomic E-state index is 0.121. The third-order valence-electron chi connectivity index (χ3n) is 4.32. The van der Waals surface area contributed by atoms with E-state index in [2.05, 4.69) is 0 Å². The average molecular weight is 329 g/mol. The molecule has 1 aliphatic rings. The predicted molar refractivity (Wildman–Crippen MR) is 90.3 cm³/mol. The zero-order valence-electron chi connectivity index (χ0n) is 13.9. The van der Waals surface area contributed by atoms with Crippen molar-refractivity contribution < 1.29 is 18.7 Å². The molecule has 0 radical (unpaired) electrons. The summed E-state index contributed by atoms with van der Waals surface area (Å²) in [6, 6.07) is 11.4. The highest BCUT2D eigenvalue weighted by atomic mass is 16.5. The number of ether oxygens (including phenoxy) is 2. The summed E-state index contributed by atoms with van der Waals surface area (Å²) in [5.41, 5.74) is 0. The topological polar surface area (TPSA) is 51.9 Å². The molecule has 0 bridgehead atoms. The van der Waals surface area contributed by atoms with Crippen LogP contribution in [0.3, 0.4) is 0 Å². The number of rotatable bonds is 6. The van der Waals surface area contributed by atoms with Crippen molar-refractivity contribution >= 4 is 5.91 Å². The molecular weight excluding hydrogens is 306 g/mol. The summed E-state index contributed by atoms with van der Waals surface area (Å²) in [6.45, 7) is 1.47. The lowest BCUT2D eigenvalue weighted by Gasteiger charge is -2.32. The molecule has 1 amide bonds. The van der Waals surface area contributed by atoms with Crippen LogP contribution in [0.1, 0.15) is 25.0 Å². The van der Waals surface area contributed by atoms with Crippen LogP contribution in [0.4, 0.5) is 0 Å². The summed E-state index contributed by atoms with van der Waals surface area (Å²) in [4.78, 5) is 14.2. The summed E-state index contributed by atoms with van der Waals surface area (Å²) in [5, 5.41) is 0. The largest absolute Gasteiger partial charge is 0.493 e. The van der Waals surface area contributed by atoms with Crippen LogP contribution in [-0.2, 0) is 11.2 Å². The molecule has 2 aromatic rings. The van der Waals surface area contributed by atoms with E-state index in [-0.39, 0.29) is 12.0 Å². The van der Waals surface area contributed by atoms with E-state index in [1.165, 1.54) is 0 Å². The van der Waals surface area contributed by atoms with Crippen LogP contribution in [0.2, 0.25) is 0 Å². The summed E-state index contributed by atoms with van der Waals surface area (Å²) < 4.78 is 16.6. The zero-order valence-corrected chi connectivity index (χ0v) is 13.9. The Bertz CT molecular complexity index is 645. The molecule has 5 heteroatoms. The predicted octanol–water partition coefficient (Wildman–Crippen LogP) is 3.29. The van der Waals surface area contributed by atoms with Crippen molar-refractivity contribution in [1.82, 2.24) is 4.90 Å². The first-order valence-corrected chi connectivity index (χ1v) is 8.36. The number of piperidine rings is 1. The lowest BCUT2D eigenvalue weighted by molar-refractivity contribution is -0.133. The molecule has 0 N–H and O–H groups in total. The summed E-state index contributed by atoms with van der Waals surface area (Å²) in [7, 11) is 1.64. The van der Waals surface area contributed by atoms with Crippen LogP contribution in [0.5, 0.6) is 11.5 Å². The van der Waals surface area contributed by atoms with Gasteiger partial charge in [0.15, 0.2) is 11.5 Å². The number of benzene rings is 1. The third kappa shape index (κ3) is 4.10. The lowest BCUT2D eigenvalue weighted by atomic mass is 10.1. The molecule has 1 aliphatic heterocycles. The van der Waals surface area contributed by atoms with Gasteiger partial charge in [-0.05, 0) is 24.3 Å². The zero-order chi connectivity index (χ0) is 16.8. The molecule has 3 rings (SSSR count). The normalized spacial score (nSPS) is 15.3. The molecule has 1 aromatic carbocycles. The Balaban J connectivity index is 1.46. The van der Waals surface area contributed by atoms with Crippen LogP contribution in [0.15, 0.2) is 47.1 Å². The monoisotopic (exact) mass is 329 g/mol. The highest BCUT2D eigenvalue weighted by Gasteiger charge is 2.24. The third-order valence-corrected chi connectivity index (χ3v) is 4.32. The molecule has 1 fully saturated rings. The quantitative estimate of drug-likeness (QED) is 0.816. The van der Waals surface area contributed by atoms with Gasteiger partial charge in [-0.25, -0.2) is 0 Å². The molecular formula is C19H23NO4. The van der Waals surface area contributed by atoms with Crippen LogP contribution >= 0.6 is 0 Å². The fourth-order valence-electron chi connectivity index (χ4n) is 2.96. The van der Waals surface area contributed by atoms with Crippen LogP contribution in [0.25, 0.3) is 0 Å². The molecule has 0 unspecified atom stereocenters. The first kappa shape index (κ1) is 16.4. The van der Waals surface area contributed by atoms with E-state index in [0.29, 0.717) is 12.8 Å².